The highest BCUT2D eigenvalue weighted by Crippen LogP contribution is 2.24. The number of guanidine groups is 1. The first-order chi connectivity index (χ1) is 14.7. The zero-order valence-electron chi connectivity index (χ0n) is 18.2. The first-order valence-corrected chi connectivity index (χ1v) is 12.3. The molecule has 8 nitrogen and oxygen atoms in total. The number of amides is 1. The maximum Gasteiger partial charge on any atom is 0.236 e. The van der Waals surface area contributed by atoms with E-state index >= 15 is 0 Å². The molecule has 30 heavy (non-hydrogen) atoms. The molecule has 4 rings (SSSR count). The lowest BCUT2D eigenvalue weighted by molar-refractivity contribution is -0.131. The van der Waals surface area contributed by atoms with Crippen LogP contribution in [0.4, 0.5) is 5.13 Å². The minimum atomic E-state index is 0.292. The van der Waals surface area contributed by atoms with Crippen LogP contribution in [-0.4, -0.2) is 104 Å². The molecule has 3 aliphatic heterocycles. The highest BCUT2D eigenvalue weighted by Gasteiger charge is 2.24. The van der Waals surface area contributed by atoms with Crippen molar-refractivity contribution in [2.75, 3.05) is 77.4 Å². The predicted octanol–water partition coefficient (Wildman–Crippen LogP) is 1.10. The third kappa shape index (κ3) is 5.43. The number of anilines is 1. The molecule has 166 valence electrons. The fraction of sp³-hybridized carbons (Fsp3) is 0.762. The lowest BCUT2D eigenvalue weighted by Gasteiger charge is -2.36. The summed E-state index contributed by atoms with van der Waals surface area (Å²) in [5.74, 6) is 1.25. The van der Waals surface area contributed by atoms with Crippen molar-refractivity contribution in [3.8, 4) is 0 Å². The quantitative estimate of drug-likeness (QED) is 0.535. The molecular formula is C21H35N7OS. The fourth-order valence-electron chi connectivity index (χ4n) is 4.48. The molecular weight excluding hydrogens is 398 g/mol. The van der Waals surface area contributed by atoms with Crippen molar-refractivity contribution in [2.45, 2.75) is 32.1 Å². The maximum atomic E-state index is 12.4. The van der Waals surface area contributed by atoms with Gasteiger partial charge in [0, 0.05) is 77.8 Å². The van der Waals surface area contributed by atoms with E-state index in [1.165, 1.54) is 18.0 Å². The van der Waals surface area contributed by atoms with Crippen molar-refractivity contribution in [1.29, 1.82) is 0 Å². The van der Waals surface area contributed by atoms with Crippen LogP contribution in [0.3, 0.4) is 0 Å². The predicted molar refractivity (Wildman–Crippen MR) is 122 cm³/mol. The SMILES string of the molecule is CN=C(NCCc1csc(N2CCCC2)n1)N1CCN(CC(=O)N2CCCC2)CC1. The first kappa shape index (κ1) is 21.4. The Morgan fingerprint density at radius 3 is 2.43 bits per heavy atom. The zero-order chi connectivity index (χ0) is 20.8. The number of aliphatic imine (C=N–C) groups is 1. The number of nitrogens with zero attached hydrogens (tertiary/aromatic N) is 6. The molecule has 0 atom stereocenters. The van der Waals surface area contributed by atoms with E-state index in [4.69, 9.17) is 4.98 Å². The van der Waals surface area contributed by atoms with Gasteiger partial charge in [-0.1, -0.05) is 0 Å². The molecule has 1 aromatic heterocycles. The van der Waals surface area contributed by atoms with E-state index in [2.05, 4.69) is 30.4 Å². The van der Waals surface area contributed by atoms with E-state index in [0.29, 0.717) is 12.5 Å². The molecule has 3 saturated heterocycles. The molecule has 0 radical (unpaired) electrons. The summed E-state index contributed by atoms with van der Waals surface area (Å²) in [4.78, 5) is 30.6. The van der Waals surface area contributed by atoms with E-state index in [-0.39, 0.29) is 0 Å². The summed E-state index contributed by atoms with van der Waals surface area (Å²) in [5.41, 5.74) is 1.16. The van der Waals surface area contributed by atoms with Gasteiger partial charge in [0.2, 0.25) is 5.91 Å². The first-order valence-electron chi connectivity index (χ1n) is 11.4. The Hall–Kier alpha value is -1.87. The van der Waals surface area contributed by atoms with Crippen LogP contribution >= 0.6 is 11.3 Å². The molecule has 9 heteroatoms. The number of nitrogens with one attached hydrogen (secondary N) is 1. The Balaban J connectivity index is 1.17. The van der Waals surface area contributed by atoms with Crippen LogP contribution in [0, 0.1) is 0 Å². The Kier molecular flexibility index (Phi) is 7.43. The van der Waals surface area contributed by atoms with Gasteiger partial charge in [0.1, 0.15) is 0 Å². The van der Waals surface area contributed by atoms with E-state index in [1.807, 2.05) is 11.9 Å². The molecule has 0 spiro atoms. The van der Waals surface area contributed by atoms with E-state index in [0.717, 1.165) is 89.8 Å². The van der Waals surface area contributed by atoms with Crippen LogP contribution in [0.1, 0.15) is 31.4 Å². The number of hydrogen-bond acceptors (Lipinski definition) is 6. The summed E-state index contributed by atoms with van der Waals surface area (Å²) in [6.45, 7) is 9.19. The number of carbonyl (C=O) groups excluding carboxylic acids is 1. The second kappa shape index (κ2) is 10.4. The molecule has 4 heterocycles. The van der Waals surface area contributed by atoms with Crippen LogP contribution in [0.5, 0.6) is 0 Å². The summed E-state index contributed by atoms with van der Waals surface area (Å²) >= 11 is 1.76. The molecule has 0 bridgehead atoms. The molecule has 0 saturated carbocycles. The van der Waals surface area contributed by atoms with Crippen LogP contribution in [0.15, 0.2) is 10.4 Å². The van der Waals surface area contributed by atoms with Gasteiger partial charge in [-0.15, -0.1) is 11.3 Å². The van der Waals surface area contributed by atoms with Crippen LogP contribution < -0.4 is 10.2 Å². The molecule has 3 fully saturated rings. The fourth-order valence-corrected chi connectivity index (χ4v) is 5.39. The maximum absolute atomic E-state index is 12.4. The minimum Gasteiger partial charge on any atom is -0.356 e. The average Bonchev–Trinajstić information content (AvgIpc) is 3.54. The van der Waals surface area contributed by atoms with Gasteiger partial charge in [0.05, 0.1) is 12.2 Å². The lowest BCUT2D eigenvalue weighted by Crippen LogP contribution is -2.54. The van der Waals surface area contributed by atoms with Crippen molar-refractivity contribution in [3.05, 3.63) is 11.1 Å². The molecule has 0 aliphatic carbocycles. The minimum absolute atomic E-state index is 0.292. The second-order valence-corrected chi connectivity index (χ2v) is 9.23. The van der Waals surface area contributed by atoms with Crippen molar-refractivity contribution in [1.82, 2.24) is 25.0 Å². The molecule has 1 N–H and O–H groups in total. The topological polar surface area (TPSA) is 67.3 Å². The third-order valence-corrected chi connectivity index (χ3v) is 7.23. The summed E-state index contributed by atoms with van der Waals surface area (Å²) in [6, 6.07) is 0. The summed E-state index contributed by atoms with van der Waals surface area (Å²) in [6.07, 6.45) is 5.79. The Bertz CT molecular complexity index is 717. The van der Waals surface area contributed by atoms with Crippen molar-refractivity contribution >= 4 is 28.3 Å². The van der Waals surface area contributed by atoms with Gasteiger partial charge in [-0.2, -0.15) is 0 Å². The van der Waals surface area contributed by atoms with Gasteiger partial charge in [0.15, 0.2) is 11.1 Å². The largest absolute Gasteiger partial charge is 0.356 e. The van der Waals surface area contributed by atoms with Gasteiger partial charge in [0.25, 0.3) is 0 Å². The number of piperazine rings is 1. The number of thiazole rings is 1. The highest BCUT2D eigenvalue weighted by atomic mass is 32.1. The number of rotatable bonds is 6. The van der Waals surface area contributed by atoms with Crippen molar-refractivity contribution < 1.29 is 4.79 Å². The standard InChI is InChI=1S/C21H35N7OS/c1-22-20(23-7-6-18-17-30-21(24-18)28-10-4-5-11-28)27-14-12-25(13-15-27)16-19(29)26-8-2-3-9-26/h17H,2-16H2,1H3,(H,22,23). The van der Waals surface area contributed by atoms with E-state index < -0.39 is 0 Å². The number of likely N-dealkylation sites (tertiary alicyclic amines) is 1. The lowest BCUT2D eigenvalue weighted by atomic mass is 10.3. The average molecular weight is 434 g/mol. The van der Waals surface area contributed by atoms with Gasteiger partial charge in [-0.3, -0.25) is 14.7 Å². The molecule has 0 aromatic carbocycles. The van der Waals surface area contributed by atoms with Crippen molar-refractivity contribution in [2.24, 2.45) is 4.99 Å². The molecule has 0 unspecified atom stereocenters. The number of carbonyl (C=O) groups is 1. The summed E-state index contributed by atoms with van der Waals surface area (Å²) in [7, 11) is 1.85. The number of aromatic nitrogens is 1. The Morgan fingerprint density at radius 2 is 1.73 bits per heavy atom. The normalized spacial score (nSPS) is 21.0. The molecule has 1 aromatic rings. The third-order valence-electron chi connectivity index (χ3n) is 6.28. The Labute approximate surface area is 183 Å². The summed E-state index contributed by atoms with van der Waals surface area (Å²) < 4.78 is 0. The van der Waals surface area contributed by atoms with Gasteiger partial charge >= 0.3 is 0 Å². The Morgan fingerprint density at radius 1 is 1.03 bits per heavy atom. The molecule has 1 amide bonds. The van der Waals surface area contributed by atoms with E-state index in [1.54, 1.807) is 11.3 Å². The second-order valence-electron chi connectivity index (χ2n) is 8.39. The highest BCUT2D eigenvalue weighted by molar-refractivity contribution is 7.13. The summed E-state index contributed by atoms with van der Waals surface area (Å²) in [5, 5.41) is 6.86. The van der Waals surface area contributed by atoms with Crippen molar-refractivity contribution in [3.63, 3.8) is 0 Å². The monoisotopic (exact) mass is 433 g/mol. The van der Waals surface area contributed by atoms with Gasteiger partial charge in [-0.05, 0) is 25.7 Å². The molecule has 3 aliphatic rings. The number of hydrogen-bond donors (Lipinski definition) is 1. The van der Waals surface area contributed by atoms with Crippen LogP contribution in [-0.2, 0) is 11.2 Å². The zero-order valence-corrected chi connectivity index (χ0v) is 19.0. The van der Waals surface area contributed by atoms with Gasteiger partial charge in [-0.25, -0.2) is 4.98 Å². The van der Waals surface area contributed by atoms with Gasteiger partial charge < -0.3 is 20.0 Å². The van der Waals surface area contributed by atoms with Crippen LogP contribution in [0.2, 0.25) is 0 Å². The van der Waals surface area contributed by atoms with Crippen LogP contribution in [0.25, 0.3) is 0 Å². The van der Waals surface area contributed by atoms with E-state index in [9.17, 15) is 4.79 Å². The smallest absolute Gasteiger partial charge is 0.236 e.